The number of hydrogen-bond donors (Lipinski definition) is 0. The molecule has 4 heteroatoms. The quantitative estimate of drug-likeness (QED) is 0.214. The Morgan fingerprint density at radius 2 is 0.818 bits per heavy atom. The third-order valence-electron chi connectivity index (χ3n) is 8.84. The van der Waals surface area contributed by atoms with Gasteiger partial charge in [-0.25, -0.2) is 0 Å². The van der Waals surface area contributed by atoms with Crippen molar-refractivity contribution in [2.75, 3.05) is 4.90 Å². The van der Waals surface area contributed by atoms with Crippen molar-refractivity contribution in [3.63, 3.8) is 0 Å². The summed E-state index contributed by atoms with van der Waals surface area (Å²) in [6.07, 6.45) is 0. The molecular weight excluding hydrogens is 542 g/mol. The highest BCUT2D eigenvalue weighted by Crippen LogP contribution is 2.43. The van der Waals surface area contributed by atoms with Gasteiger partial charge in [0.15, 0.2) is 0 Å². The highest BCUT2D eigenvalue weighted by molar-refractivity contribution is 6.15. The molecule has 0 fully saturated rings. The Labute approximate surface area is 250 Å². The molecule has 0 unspecified atom stereocenters. The van der Waals surface area contributed by atoms with Gasteiger partial charge in [-0.1, -0.05) is 66.7 Å². The molecule has 7 aromatic carbocycles. The molecule has 0 saturated heterocycles. The monoisotopic (exact) mass is 565 g/mol. The van der Waals surface area contributed by atoms with Crippen molar-refractivity contribution in [3.8, 4) is 0 Å². The van der Waals surface area contributed by atoms with Gasteiger partial charge in [-0.2, -0.15) is 0 Å². The van der Waals surface area contributed by atoms with E-state index in [-0.39, 0.29) is 0 Å². The van der Waals surface area contributed by atoms with E-state index in [2.05, 4.69) is 114 Å². The molecule has 10 aromatic rings. The SMILES string of the molecule is c1ccc2c(c1)ccc1c3ccc(N(c4ccc5c(c4)oc4ccccc45)c4ccc5oc6ccccc6c5c4)cc3oc21. The minimum atomic E-state index is 0.846. The van der Waals surface area contributed by atoms with Crippen LogP contribution in [-0.4, -0.2) is 0 Å². The average Bonchev–Trinajstić information content (AvgIpc) is 3.75. The Balaban J connectivity index is 1.22. The Kier molecular flexibility index (Phi) is 4.69. The summed E-state index contributed by atoms with van der Waals surface area (Å²) in [5.74, 6) is 0. The second-order valence-corrected chi connectivity index (χ2v) is 11.3. The number of benzene rings is 7. The Hall–Kier alpha value is -6.00. The fraction of sp³-hybridized carbons (Fsp3) is 0. The molecule has 0 bridgehead atoms. The summed E-state index contributed by atoms with van der Waals surface area (Å²) >= 11 is 0. The Morgan fingerprint density at radius 3 is 1.59 bits per heavy atom. The normalized spacial score (nSPS) is 12.1. The maximum absolute atomic E-state index is 6.59. The maximum atomic E-state index is 6.59. The standard InChI is InChI=1S/C40H23NO3/c1-2-8-28-24(7-1)13-17-33-32-19-15-27(23-39(32)44-40(28)33)41(25-16-20-37-34(21-25)30-10-4-6-12-36(30)42-37)26-14-18-31-29-9-3-5-11-35(29)43-38(31)22-26/h1-23H. The lowest BCUT2D eigenvalue weighted by atomic mass is 10.1. The lowest BCUT2D eigenvalue weighted by molar-refractivity contribution is 0.668. The van der Waals surface area contributed by atoms with Crippen molar-refractivity contribution in [2.24, 2.45) is 0 Å². The van der Waals surface area contributed by atoms with Gasteiger partial charge in [0.05, 0.1) is 0 Å². The number of rotatable bonds is 3. The number of nitrogens with zero attached hydrogens (tertiary/aromatic N) is 1. The van der Waals surface area contributed by atoms with E-state index in [9.17, 15) is 0 Å². The zero-order valence-corrected chi connectivity index (χ0v) is 23.5. The first-order valence-electron chi connectivity index (χ1n) is 14.8. The van der Waals surface area contributed by atoms with E-state index in [1.54, 1.807) is 0 Å². The van der Waals surface area contributed by atoms with Crippen LogP contribution >= 0.6 is 0 Å². The molecule has 0 aliphatic carbocycles. The van der Waals surface area contributed by atoms with Gasteiger partial charge in [-0.15, -0.1) is 0 Å². The molecule has 0 atom stereocenters. The zero-order valence-electron chi connectivity index (χ0n) is 23.5. The topological polar surface area (TPSA) is 42.7 Å². The molecule has 0 aliphatic heterocycles. The summed E-state index contributed by atoms with van der Waals surface area (Å²) in [5, 5.41) is 8.88. The first-order chi connectivity index (χ1) is 21.8. The van der Waals surface area contributed by atoms with Crippen molar-refractivity contribution in [2.45, 2.75) is 0 Å². The summed E-state index contributed by atoms with van der Waals surface area (Å²) < 4.78 is 19.1. The Morgan fingerprint density at radius 1 is 0.318 bits per heavy atom. The van der Waals surface area contributed by atoms with Crippen molar-refractivity contribution < 1.29 is 13.3 Å². The molecule has 44 heavy (non-hydrogen) atoms. The summed E-state index contributed by atoms with van der Waals surface area (Å²) in [7, 11) is 0. The molecule has 206 valence electrons. The fourth-order valence-electron chi connectivity index (χ4n) is 6.79. The third kappa shape index (κ3) is 3.33. The number of furan rings is 3. The highest BCUT2D eigenvalue weighted by atomic mass is 16.3. The number of fused-ring (bicyclic) bond motifs is 11. The number of para-hydroxylation sites is 2. The molecule has 3 heterocycles. The summed E-state index contributed by atoms with van der Waals surface area (Å²) in [6, 6.07) is 48.4. The van der Waals surface area contributed by atoms with Crippen LogP contribution < -0.4 is 4.90 Å². The highest BCUT2D eigenvalue weighted by Gasteiger charge is 2.19. The van der Waals surface area contributed by atoms with Crippen molar-refractivity contribution in [1.82, 2.24) is 0 Å². The first kappa shape index (κ1) is 23.6. The lowest BCUT2D eigenvalue weighted by Crippen LogP contribution is -2.09. The molecule has 3 aromatic heterocycles. The molecule has 0 N–H and O–H groups in total. The number of hydrogen-bond acceptors (Lipinski definition) is 4. The van der Waals surface area contributed by atoms with Crippen molar-refractivity contribution in [1.29, 1.82) is 0 Å². The molecular formula is C40H23NO3. The molecule has 10 rings (SSSR count). The van der Waals surface area contributed by atoms with Crippen LogP contribution in [0.25, 0.3) is 76.6 Å². The van der Waals surface area contributed by atoms with Gasteiger partial charge in [0.25, 0.3) is 0 Å². The summed E-state index contributed by atoms with van der Waals surface area (Å²) in [4.78, 5) is 2.26. The van der Waals surface area contributed by atoms with E-state index in [4.69, 9.17) is 13.3 Å². The molecule has 0 radical (unpaired) electrons. The number of anilines is 3. The Bertz CT molecular complexity index is 2740. The minimum absolute atomic E-state index is 0.846. The van der Waals surface area contributed by atoms with E-state index in [0.717, 1.165) is 88.3 Å². The van der Waals surface area contributed by atoms with Crippen molar-refractivity contribution >= 4 is 93.7 Å². The van der Waals surface area contributed by atoms with Crippen molar-refractivity contribution in [3.05, 3.63) is 140 Å². The van der Waals surface area contributed by atoms with Gasteiger partial charge in [-0.3, -0.25) is 0 Å². The van der Waals surface area contributed by atoms with Crippen LogP contribution in [0.5, 0.6) is 0 Å². The molecule has 0 spiro atoms. The van der Waals surface area contributed by atoms with Crippen LogP contribution in [0.3, 0.4) is 0 Å². The van der Waals surface area contributed by atoms with E-state index in [1.165, 1.54) is 5.39 Å². The van der Waals surface area contributed by atoms with Gasteiger partial charge in [0, 0.05) is 66.9 Å². The van der Waals surface area contributed by atoms with E-state index < -0.39 is 0 Å². The van der Waals surface area contributed by atoms with E-state index in [1.807, 2.05) is 30.3 Å². The lowest BCUT2D eigenvalue weighted by Gasteiger charge is -2.25. The largest absolute Gasteiger partial charge is 0.456 e. The predicted octanol–water partition coefficient (Wildman–Crippen LogP) is 12.0. The van der Waals surface area contributed by atoms with E-state index in [0.29, 0.717) is 0 Å². The van der Waals surface area contributed by atoms with Gasteiger partial charge < -0.3 is 18.2 Å². The second-order valence-electron chi connectivity index (χ2n) is 11.3. The van der Waals surface area contributed by atoms with Crippen LogP contribution in [0.15, 0.2) is 153 Å². The first-order valence-corrected chi connectivity index (χ1v) is 14.8. The smallest absolute Gasteiger partial charge is 0.143 e. The maximum Gasteiger partial charge on any atom is 0.143 e. The van der Waals surface area contributed by atoms with Crippen LogP contribution in [0.1, 0.15) is 0 Å². The van der Waals surface area contributed by atoms with Gasteiger partial charge in [0.1, 0.15) is 33.5 Å². The van der Waals surface area contributed by atoms with Crippen LogP contribution in [0.4, 0.5) is 17.1 Å². The van der Waals surface area contributed by atoms with Gasteiger partial charge >= 0.3 is 0 Å². The van der Waals surface area contributed by atoms with Gasteiger partial charge in [-0.05, 0) is 66.0 Å². The van der Waals surface area contributed by atoms with Crippen LogP contribution in [0.2, 0.25) is 0 Å². The summed E-state index contributed by atoms with van der Waals surface area (Å²) in [6.45, 7) is 0. The average molecular weight is 566 g/mol. The molecule has 0 saturated carbocycles. The predicted molar refractivity (Wildman–Crippen MR) is 180 cm³/mol. The minimum Gasteiger partial charge on any atom is -0.456 e. The van der Waals surface area contributed by atoms with Crippen LogP contribution in [-0.2, 0) is 0 Å². The van der Waals surface area contributed by atoms with Gasteiger partial charge in [0.2, 0.25) is 0 Å². The van der Waals surface area contributed by atoms with Crippen LogP contribution in [0, 0.1) is 0 Å². The molecule has 0 aliphatic rings. The second kappa shape index (κ2) is 8.76. The summed E-state index contributed by atoms with van der Waals surface area (Å²) in [5.41, 5.74) is 8.23. The molecule has 4 nitrogen and oxygen atoms in total. The fourth-order valence-corrected chi connectivity index (χ4v) is 6.79. The zero-order chi connectivity index (χ0) is 28.8. The molecule has 0 amide bonds. The third-order valence-corrected chi connectivity index (χ3v) is 8.84. The van der Waals surface area contributed by atoms with E-state index >= 15 is 0 Å².